The minimum absolute atomic E-state index is 0.122. The van der Waals surface area contributed by atoms with Gasteiger partial charge < -0.3 is 9.47 Å². The molecule has 0 radical (unpaired) electrons. The van der Waals surface area contributed by atoms with Gasteiger partial charge in [-0.25, -0.2) is 19.3 Å². The second-order valence-corrected chi connectivity index (χ2v) is 7.20. The Morgan fingerprint density at radius 1 is 0.923 bits per heavy atom. The van der Waals surface area contributed by atoms with Crippen molar-refractivity contribution in [2.24, 2.45) is 0 Å². The molecule has 0 amide bonds. The Labute approximate surface area is 151 Å². The molecule has 1 saturated heterocycles. The minimum Gasteiger partial charge on any atom is -0.341 e. The predicted molar refractivity (Wildman–Crippen MR) is 97.4 cm³/mol. The van der Waals surface area contributed by atoms with Gasteiger partial charge >= 0.3 is 0 Å². The normalized spacial score (nSPS) is 18.3. The molecule has 26 heavy (non-hydrogen) atoms. The summed E-state index contributed by atoms with van der Waals surface area (Å²) in [7, 11) is 0. The Morgan fingerprint density at radius 2 is 1.69 bits per heavy atom. The summed E-state index contributed by atoms with van der Waals surface area (Å²) in [5, 5.41) is 0. The van der Waals surface area contributed by atoms with Crippen LogP contribution in [-0.2, 0) is 12.0 Å². The van der Waals surface area contributed by atoms with Crippen LogP contribution in [0.3, 0.4) is 0 Å². The summed E-state index contributed by atoms with van der Waals surface area (Å²) in [4.78, 5) is 15.8. The van der Waals surface area contributed by atoms with E-state index in [1.165, 1.54) is 6.07 Å². The maximum Gasteiger partial charge on any atom is 0.225 e. The van der Waals surface area contributed by atoms with Gasteiger partial charge in [-0.1, -0.05) is 12.1 Å². The standard InChI is InChI=1S/C20H20FN5/c21-16-4-1-3-15(13-16)17-14-24-18-20(7-12-26(17)18)5-10-25(11-6-20)19-22-8-2-9-23-19/h1-4,8-9,13-14H,5-7,10-12H2. The second-order valence-electron chi connectivity index (χ2n) is 7.20. The fraction of sp³-hybridized carbons (Fsp3) is 0.350. The molecule has 6 heteroatoms. The molecule has 5 nitrogen and oxygen atoms in total. The van der Waals surface area contributed by atoms with Crippen molar-refractivity contribution in [3.63, 3.8) is 0 Å². The van der Waals surface area contributed by atoms with Crippen molar-refractivity contribution in [3.8, 4) is 11.3 Å². The molecular weight excluding hydrogens is 329 g/mol. The first kappa shape index (κ1) is 15.5. The topological polar surface area (TPSA) is 46.8 Å². The van der Waals surface area contributed by atoms with Crippen LogP contribution in [-0.4, -0.2) is 32.6 Å². The number of imidazole rings is 1. The predicted octanol–water partition coefficient (Wildman–Crippen LogP) is 3.42. The molecule has 0 aliphatic carbocycles. The lowest BCUT2D eigenvalue weighted by molar-refractivity contribution is 0.321. The molecule has 0 saturated carbocycles. The van der Waals surface area contributed by atoms with Gasteiger partial charge in [-0.3, -0.25) is 0 Å². The molecule has 2 aliphatic heterocycles. The van der Waals surface area contributed by atoms with E-state index in [9.17, 15) is 4.39 Å². The quantitative estimate of drug-likeness (QED) is 0.711. The Bertz CT molecular complexity index is 928. The van der Waals surface area contributed by atoms with Crippen LogP contribution in [0.1, 0.15) is 25.1 Å². The molecule has 4 heterocycles. The fourth-order valence-electron chi connectivity index (χ4n) is 4.40. The summed E-state index contributed by atoms with van der Waals surface area (Å²) in [6, 6.07) is 8.62. The minimum atomic E-state index is -0.207. The molecular formula is C20H20FN5. The highest BCUT2D eigenvalue weighted by Gasteiger charge is 2.44. The first-order valence-electron chi connectivity index (χ1n) is 9.09. The van der Waals surface area contributed by atoms with E-state index in [1.54, 1.807) is 24.5 Å². The van der Waals surface area contributed by atoms with Crippen LogP contribution in [0.4, 0.5) is 10.3 Å². The number of benzene rings is 1. The smallest absolute Gasteiger partial charge is 0.225 e. The maximum atomic E-state index is 13.6. The molecule has 5 rings (SSSR count). The molecule has 2 aromatic heterocycles. The molecule has 2 aliphatic rings. The van der Waals surface area contributed by atoms with Crippen molar-refractivity contribution in [1.82, 2.24) is 19.5 Å². The number of hydrogen-bond donors (Lipinski definition) is 0. The average molecular weight is 349 g/mol. The number of aromatic nitrogens is 4. The van der Waals surface area contributed by atoms with Crippen molar-refractivity contribution >= 4 is 5.95 Å². The van der Waals surface area contributed by atoms with Crippen molar-refractivity contribution in [2.45, 2.75) is 31.2 Å². The summed E-state index contributed by atoms with van der Waals surface area (Å²) in [5.74, 6) is 1.76. The maximum absolute atomic E-state index is 13.6. The van der Waals surface area contributed by atoms with Gasteiger partial charge in [0.2, 0.25) is 5.95 Å². The SMILES string of the molecule is Fc1cccc(-c2cnc3n2CCC32CCN(c3ncccn3)CC2)c1. The van der Waals surface area contributed by atoms with Crippen LogP contribution in [0.2, 0.25) is 0 Å². The third kappa shape index (κ3) is 2.40. The van der Waals surface area contributed by atoms with E-state index < -0.39 is 0 Å². The van der Waals surface area contributed by atoms with Gasteiger partial charge in [-0.05, 0) is 37.5 Å². The summed E-state index contributed by atoms with van der Waals surface area (Å²) in [6.07, 6.45) is 8.68. The zero-order valence-electron chi connectivity index (χ0n) is 14.5. The number of piperidine rings is 1. The Hall–Kier alpha value is -2.76. The van der Waals surface area contributed by atoms with E-state index in [0.29, 0.717) is 0 Å². The summed E-state index contributed by atoms with van der Waals surface area (Å²) < 4.78 is 15.9. The molecule has 0 bridgehead atoms. The van der Waals surface area contributed by atoms with Crippen LogP contribution in [0.25, 0.3) is 11.3 Å². The molecule has 1 aromatic carbocycles. The molecule has 0 unspecified atom stereocenters. The van der Waals surface area contributed by atoms with E-state index in [1.807, 2.05) is 18.3 Å². The molecule has 1 spiro atoms. The van der Waals surface area contributed by atoms with Crippen molar-refractivity contribution in [3.05, 3.63) is 60.6 Å². The van der Waals surface area contributed by atoms with E-state index in [-0.39, 0.29) is 11.2 Å². The Balaban J connectivity index is 1.41. The van der Waals surface area contributed by atoms with E-state index >= 15 is 0 Å². The van der Waals surface area contributed by atoms with Gasteiger partial charge in [-0.2, -0.15) is 0 Å². The molecule has 1 fully saturated rings. The highest BCUT2D eigenvalue weighted by molar-refractivity contribution is 5.60. The summed E-state index contributed by atoms with van der Waals surface area (Å²) >= 11 is 0. The fourth-order valence-corrected chi connectivity index (χ4v) is 4.40. The van der Waals surface area contributed by atoms with E-state index in [2.05, 4.69) is 19.4 Å². The van der Waals surface area contributed by atoms with Gasteiger partial charge in [0.25, 0.3) is 0 Å². The molecule has 0 atom stereocenters. The number of anilines is 1. The highest BCUT2D eigenvalue weighted by atomic mass is 19.1. The lowest BCUT2D eigenvalue weighted by atomic mass is 9.77. The first-order valence-corrected chi connectivity index (χ1v) is 9.09. The zero-order chi connectivity index (χ0) is 17.6. The first-order chi connectivity index (χ1) is 12.8. The van der Waals surface area contributed by atoms with Gasteiger partial charge in [0.15, 0.2) is 0 Å². The lowest BCUT2D eigenvalue weighted by Gasteiger charge is -2.38. The van der Waals surface area contributed by atoms with E-state index in [0.717, 1.165) is 61.9 Å². The monoisotopic (exact) mass is 349 g/mol. The van der Waals surface area contributed by atoms with E-state index in [4.69, 9.17) is 4.98 Å². The van der Waals surface area contributed by atoms with Crippen LogP contribution >= 0.6 is 0 Å². The number of nitrogens with zero attached hydrogens (tertiary/aromatic N) is 5. The van der Waals surface area contributed by atoms with Crippen LogP contribution in [0.15, 0.2) is 48.9 Å². The molecule has 0 N–H and O–H groups in total. The zero-order valence-corrected chi connectivity index (χ0v) is 14.5. The van der Waals surface area contributed by atoms with Crippen molar-refractivity contribution in [2.75, 3.05) is 18.0 Å². The lowest BCUT2D eigenvalue weighted by Crippen LogP contribution is -2.42. The number of hydrogen-bond acceptors (Lipinski definition) is 4. The van der Waals surface area contributed by atoms with Crippen LogP contribution in [0, 0.1) is 5.82 Å². The van der Waals surface area contributed by atoms with Gasteiger partial charge in [0.1, 0.15) is 11.6 Å². The van der Waals surface area contributed by atoms with Gasteiger partial charge in [0.05, 0.1) is 11.9 Å². The van der Waals surface area contributed by atoms with Crippen LogP contribution in [0.5, 0.6) is 0 Å². The molecule has 3 aromatic rings. The summed E-state index contributed by atoms with van der Waals surface area (Å²) in [6.45, 7) is 2.82. The Kier molecular flexibility index (Phi) is 3.51. The Morgan fingerprint density at radius 3 is 2.46 bits per heavy atom. The number of fused-ring (bicyclic) bond motifs is 2. The largest absolute Gasteiger partial charge is 0.341 e. The third-order valence-corrected chi connectivity index (χ3v) is 5.82. The van der Waals surface area contributed by atoms with Gasteiger partial charge in [-0.15, -0.1) is 0 Å². The third-order valence-electron chi connectivity index (χ3n) is 5.82. The van der Waals surface area contributed by atoms with Gasteiger partial charge in [0, 0.05) is 43.0 Å². The number of halogens is 1. The number of rotatable bonds is 2. The van der Waals surface area contributed by atoms with Crippen molar-refractivity contribution < 1.29 is 4.39 Å². The summed E-state index contributed by atoms with van der Waals surface area (Å²) in [5.41, 5.74) is 2.04. The van der Waals surface area contributed by atoms with Crippen molar-refractivity contribution in [1.29, 1.82) is 0 Å². The van der Waals surface area contributed by atoms with Crippen LogP contribution < -0.4 is 4.90 Å². The molecule has 132 valence electrons. The average Bonchev–Trinajstić information content (AvgIpc) is 3.25. The second kappa shape index (κ2) is 5.90. The highest BCUT2D eigenvalue weighted by Crippen LogP contribution is 2.44.